The number of aromatic nitrogens is 2. The maximum Gasteiger partial charge on any atom is 0.131 e. The minimum atomic E-state index is 0.463. The highest BCUT2D eigenvalue weighted by Crippen LogP contribution is 2.38. The number of rotatable bonds is 6. The van der Waals surface area contributed by atoms with Crippen LogP contribution in [-0.4, -0.2) is 35.3 Å². The Morgan fingerprint density at radius 2 is 1.95 bits per heavy atom. The van der Waals surface area contributed by atoms with Crippen molar-refractivity contribution in [3.8, 4) is 0 Å². The average Bonchev–Trinajstić information content (AvgIpc) is 3.40. The van der Waals surface area contributed by atoms with Crippen molar-refractivity contribution in [1.82, 2.24) is 9.97 Å². The molecule has 2 unspecified atom stereocenters. The number of hydrogen-bond donors (Lipinski definition) is 2. The van der Waals surface area contributed by atoms with Crippen molar-refractivity contribution in [2.45, 2.75) is 50.7 Å². The lowest BCUT2D eigenvalue weighted by Crippen LogP contribution is -2.35. The largest absolute Gasteiger partial charge is 0.378 e. The molecule has 0 bridgehead atoms. The SMILES string of the molecule is c1nc(NCC2CC2)cc(NC2CCOC(C3CC3)C2)n1. The molecular weight excluding hydrogens is 264 g/mol. The van der Waals surface area contributed by atoms with Gasteiger partial charge < -0.3 is 15.4 Å². The standard InChI is InChI=1S/C16H24N4O/c1-2-11(1)9-17-15-8-16(19-10-18-15)20-13-5-6-21-14(7-13)12-3-4-12/h8,10-14H,1-7,9H2,(H2,17,18,19,20). The number of ether oxygens (including phenoxy) is 1. The minimum Gasteiger partial charge on any atom is -0.378 e. The van der Waals surface area contributed by atoms with E-state index < -0.39 is 0 Å². The average molecular weight is 288 g/mol. The zero-order valence-electron chi connectivity index (χ0n) is 12.4. The highest BCUT2D eigenvalue weighted by molar-refractivity contribution is 5.47. The van der Waals surface area contributed by atoms with Crippen LogP contribution in [-0.2, 0) is 4.74 Å². The molecule has 1 aliphatic heterocycles. The van der Waals surface area contributed by atoms with Crippen molar-refractivity contribution >= 4 is 11.6 Å². The fourth-order valence-corrected chi connectivity index (χ4v) is 3.07. The van der Waals surface area contributed by atoms with E-state index >= 15 is 0 Å². The summed E-state index contributed by atoms with van der Waals surface area (Å²) < 4.78 is 5.88. The third-order valence-corrected chi connectivity index (χ3v) is 4.75. The van der Waals surface area contributed by atoms with Crippen LogP contribution in [0.25, 0.3) is 0 Å². The lowest BCUT2D eigenvalue weighted by Gasteiger charge is -2.30. The second kappa shape index (κ2) is 5.79. The van der Waals surface area contributed by atoms with Gasteiger partial charge in [0.1, 0.15) is 18.0 Å². The van der Waals surface area contributed by atoms with Gasteiger partial charge in [-0.25, -0.2) is 9.97 Å². The fraction of sp³-hybridized carbons (Fsp3) is 0.750. The molecule has 21 heavy (non-hydrogen) atoms. The summed E-state index contributed by atoms with van der Waals surface area (Å²) in [7, 11) is 0. The van der Waals surface area contributed by atoms with Gasteiger partial charge in [0.25, 0.3) is 0 Å². The predicted octanol–water partition coefficient (Wildman–Crippen LogP) is 2.67. The number of anilines is 2. The van der Waals surface area contributed by atoms with Crippen LogP contribution in [0, 0.1) is 11.8 Å². The molecule has 1 saturated heterocycles. The highest BCUT2D eigenvalue weighted by Gasteiger charge is 2.35. The van der Waals surface area contributed by atoms with E-state index in [9.17, 15) is 0 Å². The Morgan fingerprint density at radius 3 is 2.76 bits per heavy atom. The summed E-state index contributed by atoms with van der Waals surface area (Å²) in [6, 6.07) is 2.51. The molecular formula is C16H24N4O. The molecule has 2 aliphatic carbocycles. The topological polar surface area (TPSA) is 59.1 Å². The highest BCUT2D eigenvalue weighted by atomic mass is 16.5. The first-order valence-corrected chi connectivity index (χ1v) is 8.31. The van der Waals surface area contributed by atoms with Gasteiger partial charge >= 0.3 is 0 Å². The molecule has 0 radical (unpaired) electrons. The summed E-state index contributed by atoms with van der Waals surface area (Å²) in [6.07, 6.45) is 9.69. The van der Waals surface area contributed by atoms with Crippen LogP contribution >= 0.6 is 0 Å². The molecule has 1 aromatic heterocycles. The second-order valence-electron chi connectivity index (χ2n) is 6.73. The van der Waals surface area contributed by atoms with Crippen LogP contribution < -0.4 is 10.6 Å². The summed E-state index contributed by atoms with van der Waals surface area (Å²) in [4.78, 5) is 8.66. The van der Waals surface area contributed by atoms with Crippen LogP contribution in [0.15, 0.2) is 12.4 Å². The fourth-order valence-electron chi connectivity index (χ4n) is 3.07. The van der Waals surface area contributed by atoms with Crippen molar-refractivity contribution in [2.24, 2.45) is 11.8 Å². The minimum absolute atomic E-state index is 0.463. The van der Waals surface area contributed by atoms with Crippen molar-refractivity contribution < 1.29 is 4.74 Å². The maximum absolute atomic E-state index is 5.88. The van der Waals surface area contributed by atoms with E-state index in [2.05, 4.69) is 20.6 Å². The van der Waals surface area contributed by atoms with E-state index in [0.717, 1.165) is 49.5 Å². The van der Waals surface area contributed by atoms with Gasteiger partial charge in [0.15, 0.2) is 0 Å². The molecule has 114 valence electrons. The first kappa shape index (κ1) is 13.3. The predicted molar refractivity (Wildman–Crippen MR) is 82.4 cm³/mol. The van der Waals surface area contributed by atoms with E-state index in [-0.39, 0.29) is 0 Å². The quantitative estimate of drug-likeness (QED) is 0.843. The van der Waals surface area contributed by atoms with E-state index in [1.165, 1.54) is 25.7 Å². The van der Waals surface area contributed by atoms with Gasteiger partial charge in [-0.3, -0.25) is 0 Å². The number of hydrogen-bond acceptors (Lipinski definition) is 5. The zero-order valence-corrected chi connectivity index (χ0v) is 12.4. The van der Waals surface area contributed by atoms with E-state index in [0.29, 0.717) is 12.1 Å². The third-order valence-electron chi connectivity index (χ3n) is 4.75. The first-order chi connectivity index (χ1) is 10.4. The molecule has 5 heteroatoms. The number of nitrogens with zero attached hydrogens (tertiary/aromatic N) is 2. The molecule has 2 heterocycles. The van der Waals surface area contributed by atoms with Crippen LogP contribution in [0.1, 0.15) is 38.5 Å². The summed E-state index contributed by atoms with van der Waals surface area (Å²) in [5, 5.41) is 6.97. The Kier molecular flexibility index (Phi) is 3.67. The molecule has 2 N–H and O–H groups in total. The molecule has 2 saturated carbocycles. The van der Waals surface area contributed by atoms with Crippen molar-refractivity contribution in [1.29, 1.82) is 0 Å². The third kappa shape index (κ3) is 3.64. The molecule has 5 nitrogen and oxygen atoms in total. The zero-order chi connectivity index (χ0) is 14.1. The Hall–Kier alpha value is -1.36. The normalized spacial score (nSPS) is 29.1. The van der Waals surface area contributed by atoms with Crippen LogP contribution in [0.5, 0.6) is 0 Å². The van der Waals surface area contributed by atoms with E-state index in [4.69, 9.17) is 4.74 Å². The Morgan fingerprint density at radius 1 is 1.10 bits per heavy atom. The molecule has 1 aromatic rings. The number of nitrogens with one attached hydrogen (secondary N) is 2. The summed E-state index contributed by atoms with van der Waals surface area (Å²) in [5.41, 5.74) is 0. The molecule has 0 amide bonds. The second-order valence-corrected chi connectivity index (χ2v) is 6.73. The van der Waals surface area contributed by atoms with Crippen LogP contribution in [0.3, 0.4) is 0 Å². The van der Waals surface area contributed by atoms with Crippen LogP contribution in [0.4, 0.5) is 11.6 Å². The lowest BCUT2D eigenvalue weighted by atomic mass is 10.00. The molecule has 4 rings (SSSR count). The smallest absolute Gasteiger partial charge is 0.131 e. The Labute approximate surface area is 125 Å². The van der Waals surface area contributed by atoms with Gasteiger partial charge in [0, 0.05) is 25.3 Å². The summed E-state index contributed by atoms with van der Waals surface area (Å²) in [6.45, 7) is 1.91. The van der Waals surface area contributed by atoms with Crippen molar-refractivity contribution in [2.75, 3.05) is 23.8 Å². The van der Waals surface area contributed by atoms with Gasteiger partial charge in [-0.2, -0.15) is 0 Å². The van der Waals surface area contributed by atoms with Crippen LogP contribution in [0.2, 0.25) is 0 Å². The molecule has 3 fully saturated rings. The van der Waals surface area contributed by atoms with Gasteiger partial charge in [0.2, 0.25) is 0 Å². The monoisotopic (exact) mass is 288 g/mol. The van der Waals surface area contributed by atoms with Crippen molar-refractivity contribution in [3.05, 3.63) is 12.4 Å². The molecule has 0 spiro atoms. The Bertz CT molecular complexity index is 487. The Balaban J connectivity index is 1.33. The van der Waals surface area contributed by atoms with E-state index in [1.807, 2.05) is 6.07 Å². The van der Waals surface area contributed by atoms with Crippen molar-refractivity contribution in [3.63, 3.8) is 0 Å². The molecule has 2 atom stereocenters. The van der Waals surface area contributed by atoms with Gasteiger partial charge in [0.05, 0.1) is 6.10 Å². The summed E-state index contributed by atoms with van der Waals surface area (Å²) in [5.74, 6) is 3.54. The lowest BCUT2D eigenvalue weighted by molar-refractivity contribution is -0.00223. The molecule has 0 aromatic carbocycles. The van der Waals surface area contributed by atoms with Gasteiger partial charge in [-0.15, -0.1) is 0 Å². The summed E-state index contributed by atoms with van der Waals surface area (Å²) >= 11 is 0. The molecule has 3 aliphatic rings. The van der Waals surface area contributed by atoms with Gasteiger partial charge in [-0.1, -0.05) is 0 Å². The van der Waals surface area contributed by atoms with E-state index in [1.54, 1.807) is 6.33 Å². The first-order valence-electron chi connectivity index (χ1n) is 8.31. The maximum atomic E-state index is 5.88. The van der Waals surface area contributed by atoms with Gasteiger partial charge in [-0.05, 0) is 50.4 Å².